The van der Waals surface area contributed by atoms with Crippen molar-refractivity contribution in [3.63, 3.8) is 0 Å². The van der Waals surface area contributed by atoms with Crippen molar-refractivity contribution in [1.29, 1.82) is 0 Å². The number of carbonyl (C=O) groups excluding carboxylic acids is 1. The molecule has 1 aliphatic heterocycles. The number of carboxylic acids is 1. The summed E-state index contributed by atoms with van der Waals surface area (Å²) in [7, 11) is 0. The Morgan fingerprint density at radius 2 is 1.89 bits per heavy atom. The molecule has 0 saturated carbocycles. The number of amides is 1. The van der Waals surface area contributed by atoms with E-state index in [2.05, 4.69) is 0 Å². The fourth-order valence-corrected chi connectivity index (χ4v) is 3.76. The van der Waals surface area contributed by atoms with Gasteiger partial charge < -0.3 is 9.84 Å². The summed E-state index contributed by atoms with van der Waals surface area (Å²) < 4.78 is 5.94. The highest BCUT2D eigenvalue weighted by Crippen LogP contribution is 2.37. The van der Waals surface area contributed by atoms with Gasteiger partial charge in [0, 0.05) is 5.56 Å². The molecule has 1 atom stereocenters. The summed E-state index contributed by atoms with van der Waals surface area (Å²) in [6, 6.07) is 14.5. The molecule has 0 aliphatic carbocycles. The molecule has 0 bridgehead atoms. The molecule has 1 amide bonds. The first-order chi connectivity index (χ1) is 12.9. The second-order valence-electron chi connectivity index (χ2n) is 5.99. The van der Waals surface area contributed by atoms with Gasteiger partial charge in [-0.1, -0.05) is 59.9 Å². The molecule has 138 valence electrons. The number of carbonyl (C=O) groups is 2. The van der Waals surface area contributed by atoms with Gasteiger partial charge in [0.05, 0.1) is 10.6 Å². The van der Waals surface area contributed by atoms with E-state index in [1.807, 2.05) is 31.2 Å². The summed E-state index contributed by atoms with van der Waals surface area (Å²) >= 11 is 6.59. The number of aryl methyl sites for hydroxylation is 1. The lowest BCUT2D eigenvalue weighted by atomic mass is 10.1. The molecule has 1 saturated heterocycles. The number of para-hydroxylation sites is 1. The summed E-state index contributed by atoms with van der Waals surface area (Å²) in [6.07, 6.45) is 0.679. The lowest BCUT2D eigenvalue weighted by Gasteiger charge is -2.14. The molecule has 0 spiro atoms. The summed E-state index contributed by atoms with van der Waals surface area (Å²) in [5, 5.41) is 9.05. The molecule has 1 heterocycles. The van der Waals surface area contributed by atoms with Crippen molar-refractivity contribution in [2.24, 2.45) is 0 Å². The molecule has 2 aromatic carbocycles. The Bertz CT molecular complexity index is 937. The van der Waals surface area contributed by atoms with Crippen molar-refractivity contribution in [2.75, 3.05) is 4.90 Å². The smallest absolute Gasteiger partial charge is 0.344 e. The van der Waals surface area contributed by atoms with Crippen LogP contribution >= 0.6 is 24.0 Å². The lowest BCUT2D eigenvalue weighted by Crippen LogP contribution is -2.27. The highest BCUT2D eigenvalue weighted by atomic mass is 32.2. The summed E-state index contributed by atoms with van der Waals surface area (Å²) in [6.45, 7) is 3.43. The highest BCUT2D eigenvalue weighted by Gasteiger charge is 2.33. The van der Waals surface area contributed by atoms with Crippen LogP contribution in [-0.2, 0) is 9.59 Å². The first-order valence-electron chi connectivity index (χ1n) is 8.20. The average molecular weight is 399 g/mol. The number of benzene rings is 2. The largest absolute Gasteiger partial charge is 0.479 e. The van der Waals surface area contributed by atoms with Crippen molar-refractivity contribution < 1.29 is 19.4 Å². The van der Waals surface area contributed by atoms with Crippen LogP contribution in [0.5, 0.6) is 5.75 Å². The molecule has 2 aromatic rings. The number of thiocarbonyl (C=S) groups is 1. The number of ether oxygens (including phenoxy) is 1. The fraction of sp³-hybridized carbons (Fsp3) is 0.150. The van der Waals surface area contributed by atoms with Gasteiger partial charge in [-0.2, -0.15) is 0 Å². The predicted molar refractivity (Wildman–Crippen MR) is 111 cm³/mol. The van der Waals surface area contributed by atoms with E-state index in [1.54, 1.807) is 30.3 Å². The van der Waals surface area contributed by atoms with Gasteiger partial charge in [-0.3, -0.25) is 9.69 Å². The molecule has 0 radical (unpaired) electrons. The van der Waals surface area contributed by atoms with E-state index in [4.69, 9.17) is 22.1 Å². The molecular weight excluding hydrogens is 382 g/mol. The number of thioether (sulfide) groups is 1. The van der Waals surface area contributed by atoms with E-state index in [0.29, 0.717) is 20.5 Å². The zero-order chi connectivity index (χ0) is 19.6. The van der Waals surface area contributed by atoms with Crippen LogP contribution in [0.1, 0.15) is 18.1 Å². The Morgan fingerprint density at radius 3 is 2.56 bits per heavy atom. The first-order valence-corrected chi connectivity index (χ1v) is 9.42. The van der Waals surface area contributed by atoms with Crippen LogP contribution in [0, 0.1) is 6.92 Å². The highest BCUT2D eigenvalue weighted by molar-refractivity contribution is 8.27. The van der Waals surface area contributed by atoms with E-state index in [1.165, 1.54) is 23.6 Å². The lowest BCUT2D eigenvalue weighted by molar-refractivity contribution is -0.144. The minimum absolute atomic E-state index is 0.213. The van der Waals surface area contributed by atoms with Gasteiger partial charge in [-0.05, 0) is 38.1 Å². The van der Waals surface area contributed by atoms with E-state index in [-0.39, 0.29) is 5.91 Å². The topological polar surface area (TPSA) is 66.8 Å². The molecule has 27 heavy (non-hydrogen) atoms. The van der Waals surface area contributed by atoms with E-state index in [9.17, 15) is 9.59 Å². The fourth-order valence-electron chi connectivity index (χ4n) is 2.47. The third kappa shape index (κ3) is 4.20. The van der Waals surface area contributed by atoms with Gasteiger partial charge in [-0.25, -0.2) is 4.79 Å². The number of hydrogen-bond acceptors (Lipinski definition) is 5. The monoisotopic (exact) mass is 399 g/mol. The Balaban J connectivity index is 1.90. The zero-order valence-corrected chi connectivity index (χ0v) is 16.3. The number of aliphatic carboxylic acids is 1. The Labute approximate surface area is 166 Å². The zero-order valence-electron chi connectivity index (χ0n) is 14.7. The first kappa shape index (κ1) is 19.1. The van der Waals surface area contributed by atoms with Crippen molar-refractivity contribution in [3.8, 4) is 5.75 Å². The van der Waals surface area contributed by atoms with Crippen LogP contribution in [0.2, 0.25) is 0 Å². The third-order valence-corrected chi connectivity index (χ3v) is 5.25. The van der Waals surface area contributed by atoms with Crippen molar-refractivity contribution in [2.45, 2.75) is 20.0 Å². The molecule has 1 fully saturated rings. The average Bonchev–Trinajstić information content (AvgIpc) is 2.91. The molecule has 0 aromatic heterocycles. The van der Waals surface area contributed by atoms with Crippen molar-refractivity contribution >= 4 is 51.9 Å². The van der Waals surface area contributed by atoms with Crippen LogP contribution in [0.4, 0.5) is 5.69 Å². The second-order valence-corrected chi connectivity index (χ2v) is 7.66. The molecule has 1 unspecified atom stereocenters. The minimum Gasteiger partial charge on any atom is -0.479 e. The summed E-state index contributed by atoms with van der Waals surface area (Å²) in [5.41, 5.74) is 2.43. The van der Waals surface area contributed by atoms with Crippen molar-refractivity contribution in [1.82, 2.24) is 0 Å². The normalized spacial score (nSPS) is 16.7. The number of carboxylic acid groups (broad SMARTS) is 1. The molecular formula is C20H17NO4S2. The van der Waals surface area contributed by atoms with Gasteiger partial charge in [0.1, 0.15) is 5.75 Å². The molecule has 3 rings (SSSR count). The maximum absolute atomic E-state index is 12.9. The van der Waals surface area contributed by atoms with Crippen LogP contribution in [0.15, 0.2) is 53.4 Å². The van der Waals surface area contributed by atoms with Crippen LogP contribution < -0.4 is 9.64 Å². The summed E-state index contributed by atoms with van der Waals surface area (Å²) in [5.74, 6) is -0.876. The van der Waals surface area contributed by atoms with Crippen LogP contribution in [-0.4, -0.2) is 27.4 Å². The van der Waals surface area contributed by atoms with E-state index in [0.717, 1.165) is 11.3 Å². The second kappa shape index (κ2) is 7.94. The van der Waals surface area contributed by atoms with Gasteiger partial charge in [-0.15, -0.1) is 0 Å². The maximum atomic E-state index is 12.9. The van der Waals surface area contributed by atoms with Crippen molar-refractivity contribution in [3.05, 3.63) is 64.6 Å². The van der Waals surface area contributed by atoms with Gasteiger partial charge in [0.2, 0.25) is 0 Å². The molecule has 5 nitrogen and oxygen atoms in total. The minimum atomic E-state index is -1.06. The van der Waals surface area contributed by atoms with Crippen LogP contribution in [0.25, 0.3) is 6.08 Å². The predicted octanol–water partition coefficient (Wildman–Crippen LogP) is 4.25. The number of hydrogen-bond donors (Lipinski definition) is 1. The van der Waals surface area contributed by atoms with Gasteiger partial charge >= 0.3 is 5.97 Å². The number of rotatable bonds is 5. The number of nitrogens with zero attached hydrogens (tertiary/aromatic N) is 1. The maximum Gasteiger partial charge on any atom is 0.344 e. The summed E-state index contributed by atoms with van der Waals surface area (Å²) in [4.78, 5) is 25.9. The molecule has 1 aliphatic rings. The quantitative estimate of drug-likeness (QED) is 0.599. The SMILES string of the molecule is Cc1ccc(N2C(=O)/C(=C\c3ccccc3OC(C)C(=O)O)SC2=S)cc1. The Kier molecular flexibility index (Phi) is 5.62. The van der Waals surface area contributed by atoms with Gasteiger partial charge in [0.25, 0.3) is 5.91 Å². The third-order valence-electron chi connectivity index (χ3n) is 3.94. The van der Waals surface area contributed by atoms with Gasteiger partial charge in [0.15, 0.2) is 10.4 Å². The molecule has 1 N–H and O–H groups in total. The van der Waals surface area contributed by atoms with Crippen LogP contribution in [0.3, 0.4) is 0 Å². The standard InChI is InChI=1S/C20H17NO4S2/c1-12-7-9-15(10-8-12)21-18(22)17(27-20(21)26)11-14-5-3-4-6-16(14)25-13(2)19(23)24/h3-11,13H,1-2H3,(H,23,24)/b17-11+. The Hall–Kier alpha value is -2.64. The van der Waals surface area contributed by atoms with E-state index < -0.39 is 12.1 Å². The number of anilines is 1. The van der Waals surface area contributed by atoms with E-state index >= 15 is 0 Å². The molecule has 7 heteroatoms. The Morgan fingerprint density at radius 1 is 1.22 bits per heavy atom.